The van der Waals surface area contributed by atoms with Gasteiger partial charge in [0.05, 0.1) is 17.4 Å². The molecule has 1 heterocycles. The first-order chi connectivity index (χ1) is 9.88. The number of hydrogen-bond acceptors (Lipinski definition) is 5. The van der Waals surface area contributed by atoms with Gasteiger partial charge < -0.3 is 15.1 Å². The van der Waals surface area contributed by atoms with Crippen LogP contribution in [-0.2, 0) is 16.0 Å². The zero-order valence-electron chi connectivity index (χ0n) is 11.0. The lowest BCUT2D eigenvalue weighted by atomic mass is 10.1. The van der Waals surface area contributed by atoms with E-state index in [1.54, 1.807) is 6.07 Å². The molecule has 1 aromatic carbocycles. The fraction of sp³-hybridized carbons (Fsp3) is 0.385. The molecule has 1 saturated heterocycles. The molecule has 1 fully saturated rings. The van der Waals surface area contributed by atoms with Crippen LogP contribution in [0.1, 0.15) is 12.0 Å². The van der Waals surface area contributed by atoms with Gasteiger partial charge in [-0.1, -0.05) is 12.1 Å². The molecule has 0 spiro atoms. The first kappa shape index (κ1) is 14.9. The lowest BCUT2D eigenvalue weighted by Gasteiger charge is -2.21. The normalized spacial score (nSPS) is 21.3. The minimum atomic E-state index is -1.17. The largest absolute Gasteiger partial charge is 0.480 e. The smallest absolute Gasteiger partial charge is 0.326 e. The number of amides is 1. The number of carbonyl (C=O) groups is 2. The maximum absolute atomic E-state index is 12.1. The van der Waals surface area contributed by atoms with Crippen molar-refractivity contribution >= 4 is 17.6 Å². The van der Waals surface area contributed by atoms with E-state index in [0.29, 0.717) is 5.56 Å². The molecule has 8 nitrogen and oxygen atoms in total. The monoisotopic (exact) mass is 294 g/mol. The number of carboxylic acid groups (broad SMARTS) is 1. The van der Waals surface area contributed by atoms with Crippen LogP contribution in [0.15, 0.2) is 24.3 Å². The Balaban J connectivity index is 2.12. The summed E-state index contributed by atoms with van der Waals surface area (Å²) in [5.74, 6) is -1.64. The molecular formula is C13H14N2O6. The van der Waals surface area contributed by atoms with Crippen LogP contribution >= 0.6 is 0 Å². The summed E-state index contributed by atoms with van der Waals surface area (Å²) in [6, 6.07) is 4.57. The van der Waals surface area contributed by atoms with E-state index < -0.39 is 28.9 Å². The third kappa shape index (κ3) is 3.34. The molecule has 1 aromatic rings. The van der Waals surface area contributed by atoms with Crippen molar-refractivity contribution in [1.29, 1.82) is 0 Å². The van der Waals surface area contributed by atoms with Crippen molar-refractivity contribution in [1.82, 2.24) is 4.90 Å². The lowest BCUT2D eigenvalue weighted by Crippen LogP contribution is -2.41. The Hall–Kier alpha value is -2.48. The third-order valence-corrected chi connectivity index (χ3v) is 3.36. The summed E-state index contributed by atoms with van der Waals surface area (Å²) < 4.78 is 0. The Morgan fingerprint density at radius 1 is 1.43 bits per heavy atom. The van der Waals surface area contributed by atoms with E-state index in [9.17, 15) is 24.8 Å². The topological polar surface area (TPSA) is 121 Å². The number of likely N-dealkylation sites (tertiary alicyclic amines) is 1. The summed E-state index contributed by atoms with van der Waals surface area (Å²) in [7, 11) is 0. The van der Waals surface area contributed by atoms with Crippen LogP contribution in [0.4, 0.5) is 5.69 Å². The summed E-state index contributed by atoms with van der Waals surface area (Å²) >= 11 is 0. The predicted molar refractivity (Wildman–Crippen MR) is 70.6 cm³/mol. The Kier molecular flexibility index (Phi) is 4.18. The molecule has 0 saturated carbocycles. The molecule has 0 unspecified atom stereocenters. The molecule has 0 aromatic heterocycles. The maximum atomic E-state index is 12.1. The molecule has 2 rings (SSSR count). The van der Waals surface area contributed by atoms with Crippen LogP contribution < -0.4 is 0 Å². The summed E-state index contributed by atoms with van der Waals surface area (Å²) in [6.45, 7) is -0.0370. The second-order valence-electron chi connectivity index (χ2n) is 4.89. The van der Waals surface area contributed by atoms with E-state index in [1.807, 2.05) is 0 Å². The summed E-state index contributed by atoms with van der Waals surface area (Å²) in [5.41, 5.74) is 0.302. The summed E-state index contributed by atoms with van der Waals surface area (Å²) in [4.78, 5) is 34.4. The number of benzene rings is 1. The lowest BCUT2D eigenvalue weighted by molar-refractivity contribution is -0.384. The van der Waals surface area contributed by atoms with Gasteiger partial charge in [0.2, 0.25) is 5.91 Å². The second kappa shape index (κ2) is 5.88. The number of aliphatic carboxylic acids is 1. The van der Waals surface area contributed by atoms with Gasteiger partial charge in [-0.05, 0) is 5.56 Å². The number of nitro groups is 1. The van der Waals surface area contributed by atoms with Gasteiger partial charge in [0.25, 0.3) is 5.69 Å². The molecule has 1 aliphatic heterocycles. The quantitative estimate of drug-likeness (QED) is 0.603. The van der Waals surface area contributed by atoms with Gasteiger partial charge in [-0.15, -0.1) is 0 Å². The number of nitrogens with zero attached hydrogens (tertiary/aromatic N) is 2. The van der Waals surface area contributed by atoms with Gasteiger partial charge in [0, 0.05) is 25.1 Å². The molecule has 1 amide bonds. The number of hydrogen-bond donors (Lipinski definition) is 2. The molecule has 112 valence electrons. The van der Waals surface area contributed by atoms with Gasteiger partial charge in [-0.3, -0.25) is 14.9 Å². The van der Waals surface area contributed by atoms with Crippen LogP contribution in [0, 0.1) is 10.1 Å². The van der Waals surface area contributed by atoms with Crippen molar-refractivity contribution in [2.45, 2.75) is 25.0 Å². The van der Waals surface area contributed by atoms with E-state index in [4.69, 9.17) is 5.11 Å². The SMILES string of the molecule is O=C(O)[C@@H]1C[C@@H](O)CN1C(=O)Cc1cccc([N+](=O)[O-])c1. The first-order valence-electron chi connectivity index (χ1n) is 6.32. The number of β-amino-alcohol motifs (C(OH)–C–C–N with tert-alkyl or cyclic N) is 1. The van der Waals surface area contributed by atoms with Gasteiger partial charge in [-0.2, -0.15) is 0 Å². The van der Waals surface area contributed by atoms with E-state index in [2.05, 4.69) is 0 Å². The molecular weight excluding hydrogens is 280 g/mol. The van der Waals surface area contributed by atoms with Crippen LogP contribution in [0.25, 0.3) is 0 Å². The van der Waals surface area contributed by atoms with E-state index in [1.165, 1.54) is 18.2 Å². The number of nitro benzene ring substituents is 1. The Morgan fingerprint density at radius 3 is 2.76 bits per heavy atom. The fourth-order valence-corrected chi connectivity index (χ4v) is 2.38. The van der Waals surface area contributed by atoms with Crippen molar-refractivity contribution in [3.05, 3.63) is 39.9 Å². The molecule has 0 radical (unpaired) electrons. The molecule has 8 heteroatoms. The standard InChI is InChI=1S/C13H14N2O6/c16-10-6-11(13(18)19)14(7-10)12(17)5-8-2-1-3-9(4-8)15(20)21/h1-4,10-11,16H,5-7H2,(H,18,19)/t10-,11+/m1/s1. The van der Waals surface area contributed by atoms with Crippen LogP contribution in [-0.4, -0.2) is 50.6 Å². The number of rotatable bonds is 4. The molecule has 0 bridgehead atoms. The average Bonchev–Trinajstić information content (AvgIpc) is 2.81. The molecule has 0 aliphatic carbocycles. The minimum absolute atomic E-state index is 0.00396. The van der Waals surface area contributed by atoms with E-state index in [0.717, 1.165) is 4.90 Å². The van der Waals surface area contributed by atoms with Gasteiger partial charge in [0.15, 0.2) is 0 Å². The Morgan fingerprint density at radius 2 is 2.14 bits per heavy atom. The second-order valence-corrected chi connectivity index (χ2v) is 4.89. The van der Waals surface area contributed by atoms with E-state index in [-0.39, 0.29) is 25.1 Å². The molecule has 1 aliphatic rings. The van der Waals surface area contributed by atoms with Gasteiger partial charge >= 0.3 is 5.97 Å². The number of carbonyl (C=O) groups excluding carboxylic acids is 1. The first-order valence-corrected chi connectivity index (χ1v) is 6.32. The summed E-state index contributed by atoms with van der Waals surface area (Å²) in [5, 5.41) is 29.2. The minimum Gasteiger partial charge on any atom is -0.480 e. The third-order valence-electron chi connectivity index (χ3n) is 3.36. The Labute approximate surface area is 119 Å². The van der Waals surface area contributed by atoms with Crippen LogP contribution in [0.2, 0.25) is 0 Å². The average molecular weight is 294 g/mol. The highest BCUT2D eigenvalue weighted by atomic mass is 16.6. The number of carboxylic acids is 1. The van der Waals surface area contributed by atoms with Gasteiger partial charge in [0.1, 0.15) is 6.04 Å². The van der Waals surface area contributed by atoms with Crippen molar-refractivity contribution < 1.29 is 24.7 Å². The van der Waals surface area contributed by atoms with Crippen molar-refractivity contribution in [3.63, 3.8) is 0 Å². The fourth-order valence-electron chi connectivity index (χ4n) is 2.38. The van der Waals surface area contributed by atoms with E-state index >= 15 is 0 Å². The van der Waals surface area contributed by atoms with Crippen molar-refractivity contribution in [2.75, 3.05) is 6.54 Å². The number of aliphatic hydroxyl groups is 1. The Bertz CT molecular complexity index is 588. The highest BCUT2D eigenvalue weighted by molar-refractivity contribution is 5.85. The summed E-state index contributed by atoms with van der Waals surface area (Å²) in [6.07, 6.45) is -1.01. The highest BCUT2D eigenvalue weighted by Gasteiger charge is 2.38. The predicted octanol–water partition coefficient (Wildman–Crippen LogP) is 0.184. The maximum Gasteiger partial charge on any atom is 0.326 e. The molecule has 21 heavy (non-hydrogen) atoms. The zero-order valence-corrected chi connectivity index (χ0v) is 11.0. The van der Waals surface area contributed by atoms with Crippen LogP contribution in [0.3, 0.4) is 0 Å². The zero-order chi connectivity index (χ0) is 15.6. The molecule has 2 N–H and O–H groups in total. The van der Waals surface area contributed by atoms with Crippen molar-refractivity contribution in [3.8, 4) is 0 Å². The van der Waals surface area contributed by atoms with Gasteiger partial charge in [-0.25, -0.2) is 4.79 Å². The highest BCUT2D eigenvalue weighted by Crippen LogP contribution is 2.20. The molecule has 2 atom stereocenters. The number of non-ortho nitro benzene ring substituents is 1. The van der Waals surface area contributed by atoms with Crippen LogP contribution in [0.5, 0.6) is 0 Å². The van der Waals surface area contributed by atoms with Crippen molar-refractivity contribution in [2.24, 2.45) is 0 Å². The number of aliphatic hydroxyl groups excluding tert-OH is 1.